The average Bonchev–Trinajstić information content (AvgIpc) is 2.87. The molecule has 0 unspecified atom stereocenters. The molecule has 202 valence electrons. The molecular weight excluding hydrogens is 508 g/mol. The summed E-state index contributed by atoms with van der Waals surface area (Å²) < 4.78 is 26.5. The average molecular weight is 543 g/mol. The van der Waals surface area contributed by atoms with Crippen LogP contribution in [0.4, 0.5) is 5.69 Å². The number of rotatable bonds is 8. The zero-order valence-corrected chi connectivity index (χ0v) is 23.5. The highest BCUT2D eigenvalue weighted by Gasteiger charge is 2.26. The fraction of sp³-hybridized carbons (Fsp3) is 0.250. The van der Waals surface area contributed by atoms with E-state index in [9.17, 15) is 18.0 Å². The second-order valence-electron chi connectivity index (χ2n) is 11.0. The number of aryl methyl sites for hydroxylation is 1. The normalized spacial score (nSPS) is 12.6. The van der Waals surface area contributed by atoms with E-state index in [1.165, 1.54) is 0 Å². The molecule has 2 amide bonds. The fourth-order valence-electron chi connectivity index (χ4n) is 4.53. The van der Waals surface area contributed by atoms with Gasteiger partial charge >= 0.3 is 0 Å². The van der Waals surface area contributed by atoms with Crippen molar-refractivity contribution in [2.24, 2.45) is 5.41 Å². The van der Waals surface area contributed by atoms with Gasteiger partial charge in [0.1, 0.15) is 6.04 Å². The molecule has 0 spiro atoms. The van der Waals surface area contributed by atoms with Gasteiger partial charge in [0, 0.05) is 28.4 Å². The Labute approximate surface area is 230 Å². The summed E-state index contributed by atoms with van der Waals surface area (Å²) >= 11 is 0. The molecule has 4 rings (SSSR count). The number of sulfone groups is 1. The van der Waals surface area contributed by atoms with E-state index in [2.05, 4.69) is 10.6 Å². The number of fused-ring (bicyclic) bond motifs is 1. The molecule has 6 nitrogen and oxygen atoms in total. The molecule has 7 heteroatoms. The molecule has 0 saturated heterocycles. The van der Waals surface area contributed by atoms with Gasteiger partial charge in [-0.25, -0.2) is 8.42 Å². The van der Waals surface area contributed by atoms with E-state index < -0.39 is 27.2 Å². The lowest BCUT2D eigenvalue weighted by Crippen LogP contribution is -2.45. The molecule has 0 aliphatic heterocycles. The molecule has 0 saturated carbocycles. The van der Waals surface area contributed by atoms with Crippen molar-refractivity contribution in [3.8, 4) is 0 Å². The summed E-state index contributed by atoms with van der Waals surface area (Å²) in [5.74, 6) is -0.741. The molecule has 4 aromatic carbocycles. The summed E-state index contributed by atoms with van der Waals surface area (Å²) in [5.41, 5.74) is 2.46. The highest BCUT2D eigenvalue weighted by Crippen LogP contribution is 2.31. The van der Waals surface area contributed by atoms with Crippen LogP contribution in [0.2, 0.25) is 0 Å². The molecule has 0 aliphatic rings. The van der Waals surface area contributed by atoms with Crippen molar-refractivity contribution < 1.29 is 18.0 Å². The van der Waals surface area contributed by atoms with Gasteiger partial charge in [0.2, 0.25) is 5.91 Å². The molecule has 2 N–H and O–H groups in total. The van der Waals surface area contributed by atoms with Crippen molar-refractivity contribution in [3.05, 3.63) is 108 Å². The Bertz CT molecular complexity index is 1590. The van der Waals surface area contributed by atoms with Crippen LogP contribution >= 0.6 is 0 Å². The summed E-state index contributed by atoms with van der Waals surface area (Å²) in [4.78, 5) is 26.9. The first-order valence-corrected chi connectivity index (χ1v) is 14.5. The maximum absolute atomic E-state index is 13.6. The van der Waals surface area contributed by atoms with Crippen molar-refractivity contribution in [2.45, 2.75) is 45.1 Å². The number of benzene rings is 4. The lowest BCUT2D eigenvalue weighted by Gasteiger charge is -2.21. The van der Waals surface area contributed by atoms with Gasteiger partial charge in [-0.1, -0.05) is 93.1 Å². The highest BCUT2D eigenvalue weighted by molar-refractivity contribution is 7.91. The Hall–Kier alpha value is -3.97. The largest absolute Gasteiger partial charge is 0.340 e. The lowest BCUT2D eigenvalue weighted by atomic mass is 10.0. The van der Waals surface area contributed by atoms with E-state index in [-0.39, 0.29) is 16.6 Å². The van der Waals surface area contributed by atoms with Gasteiger partial charge in [-0.15, -0.1) is 0 Å². The van der Waals surface area contributed by atoms with E-state index in [1.807, 2.05) is 70.2 Å². The number of anilines is 1. The topological polar surface area (TPSA) is 92.3 Å². The van der Waals surface area contributed by atoms with Crippen molar-refractivity contribution in [3.63, 3.8) is 0 Å². The summed E-state index contributed by atoms with van der Waals surface area (Å²) in [6, 6.07) is 26.1. The van der Waals surface area contributed by atoms with Crippen molar-refractivity contribution >= 4 is 38.1 Å². The fourth-order valence-corrected chi connectivity index (χ4v) is 6.63. The van der Waals surface area contributed by atoms with Crippen LogP contribution < -0.4 is 10.6 Å². The minimum absolute atomic E-state index is 0.000107. The van der Waals surface area contributed by atoms with Crippen LogP contribution in [-0.4, -0.2) is 32.0 Å². The molecule has 0 aromatic heterocycles. The molecule has 39 heavy (non-hydrogen) atoms. The Morgan fingerprint density at radius 3 is 2.10 bits per heavy atom. The van der Waals surface area contributed by atoms with Gasteiger partial charge in [-0.2, -0.15) is 0 Å². The maximum Gasteiger partial charge on any atom is 0.251 e. The highest BCUT2D eigenvalue weighted by atomic mass is 32.2. The molecule has 0 fully saturated rings. The number of amides is 2. The summed E-state index contributed by atoms with van der Waals surface area (Å²) in [5, 5.41) is 6.99. The van der Waals surface area contributed by atoms with Gasteiger partial charge in [0.15, 0.2) is 9.84 Å². The Morgan fingerprint density at radius 1 is 0.795 bits per heavy atom. The second-order valence-corrected chi connectivity index (χ2v) is 13.0. The Kier molecular flexibility index (Phi) is 8.21. The molecule has 0 bridgehead atoms. The predicted molar refractivity (Wildman–Crippen MR) is 157 cm³/mol. The second kappa shape index (κ2) is 11.4. The summed E-state index contributed by atoms with van der Waals surface area (Å²) in [6.07, 6.45) is 0.292. The number of hydrogen-bond acceptors (Lipinski definition) is 4. The van der Waals surface area contributed by atoms with Crippen LogP contribution in [-0.2, 0) is 21.1 Å². The van der Waals surface area contributed by atoms with Crippen LogP contribution in [0, 0.1) is 12.3 Å². The quantitative estimate of drug-likeness (QED) is 0.288. The third-order valence-electron chi connectivity index (χ3n) is 6.32. The third kappa shape index (κ3) is 7.12. The van der Waals surface area contributed by atoms with Crippen LogP contribution in [0.3, 0.4) is 0 Å². The number of hydrogen-bond donors (Lipinski definition) is 2. The van der Waals surface area contributed by atoms with Crippen LogP contribution in [0.5, 0.6) is 0 Å². The maximum atomic E-state index is 13.6. The van der Waals surface area contributed by atoms with Gasteiger partial charge < -0.3 is 10.6 Å². The Balaban J connectivity index is 1.65. The van der Waals surface area contributed by atoms with Gasteiger partial charge in [-0.05, 0) is 42.2 Å². The molecule has 1 atom stereocenters. The first-order chi connectivity index (χ1) is 18.4. The van der Waals surface area contributed by atoms with Crippen molar-refractivity contribution in [1.82, 2.24) is 5.32 Å². The van der Waals surface area contributed by atoms with Crippen LogP contribution in [0.1, 0.15) is 42.3 Å². The van der Waals surface area contributed by atoms with Crippen molar-refractivity contribution in [1.29, 1.82) is 0 Å². The van der Waals surface area contributed by atoms with E-state index in [4.69, 9.17) is 0 Å². The minimum Gasteiger partial charge on any atom is -0.340 e. The third-order valence-corrected chi connectivity index (χ3v) is 8.59. The zero-order valence-electron chi connectivity index (χ0n) is 22.7. The van der Waals surface area contributed by atoms with E-state index in [1.54, 1.807) is 48.5 Å². The minimum atomic E-state index is -3.57. The lowest BCUT2D eigenvalue weighted by molar-refractivity contribution is -0.118. The SMILES string of the molecule is Cc1ccc(C(=O)N[C@@H](Cc2ccccc2)C(=O)Nc2cccc3c(S(=O)(=O)CC(C)(C)C)cccc23)cc1. The molecular formula is C32H34N2O4S. The molecule has 0 heterocycles. The molecule has 0 aliphatic carbocycles. The molecule has 4 aromatic rings. The van der Waals surface area contributed by atoms with Gasteiger partial charge in [-0.3, -0.25) is 9.59 Å². The monoisotopic (exact) mass is 542 g/mol. The van der Waals surface area contributed by atoms with Gasteiger partial charge in [0.05, 0.1) is 10.6 Å². The van der Waals surface area contributed by atoms with E-state index in [0.29, 0.717) is 28.4 Å². The first kappa shape index (κ1) is 28.0. The Morgan fingerprint density at radius 2 is 1.44 bits per heavy atom. The van der Waals surface area contributed by atoms with Crippen molar-refractivity contribution in [2.75, 3.05) is 11.1 Å². The van der Waals surface area contributed by atoms with Crippen LogP contribution in [0.15, 0.2) is 95.9 Å². The summed E-state index contributed by atoms with van der Waals surface area (Å²) in [7, 11) is -3.57. The summed E-state index contributed by atoms with van der Waals surface area (Å²) in [6.45, 7) is 7.61. The predicted octanol–water partition coefficient (Wildman–Crippen LogP) is 5.95. The first-order valence-electron chi connectivity index (χ1n) is 12.9. The van der Waals surface area contributed by atoms with E-state index in [0.717, 1.165) is 11.1 Å². The van der Waals surface area contributed by atoms with Gasteiger partial charge in [0.25, 0.3) is 5.91 Å². The standard InChI is InChI=1S/C32H34N2O4S/c1-22-16-18-24(19-17-22)30(35)34-28(20-23-10-6-5-7-11-23)31(36)33-27-14-8-13-26-25(27)12-9-15-29(26)39(37,38)21-32(2,3)4/h5-19,28H,20-21H2,1-4H3,(H,33,36)(H,34,35)/t28-/m0/s1. The smallest absolute Gasteiger partial charge is 0.251 e. The zero-order chi connectivity index (χ0) is 28.2. The van der Waals surface area contributed by atoms with E-state index >= 15 is 0 Å². The number of carbonyl (C=O) groups excluding carboxylic acids is 2. The number of carbonyl (C=O) groups is 2. The van der Waals surface area contributed by atoms with Crippen LogP contribution in [0.25, 0.3) is 10.8 Å². The number of nitrogens with one attached hydrogen (secondary N) is 2. The molecule has 0 radical (unpaired) electrons.